The molecule has 0 radical (unpaired) electrons. The van der Waals surface area contributed by atoms with Crippen molar-refractivity contribution in [1.29, 1.82) is 0 Å². The molecule has 2 heterocycles. The number of likely N-dealkylation sites (N-methyl/N-ethyl adjacent to an activating group) is 1. The van der Waals surface area contributed by atoms with Crippen molar-refractivity contribution in [2.75, 3.05) is 27.7 Å². The van der Waals surface area contributed by atoms with Crippen LogP contribution in [-0.2, 0) is 18.7 Å². The Morgan fingerprint density at radius 1 is 1.25 bits per heavy atom. The number of H-pyrrole nitrogens is 1. The lowest BCUT2D eigenvalue weighted by molar-refractivity contribution is -0.872. The van der Waals surface area contributed by atoms with E-state index in [1.165, 1.54) is 17.9 Å². The first kappa shape index (κ1) is 20.3. The number of hydrogen-bond donors (Lipinski definition) is 4. The van der Waals surface area contributed by atoms with E-state index in [1.807, 2.05) is 0 Å². The van der Waals surface area contributed by atoms with Gasteiger partial charge in [0.15, 0.2) is 5.65 Å². The summed E-state index contributed by atoms with van der Waals surface area (Å²) >= 11 is 0. The first-order chi connectivity index (χ1) is 10.8. The number of hydrogen-bond acceptors (Lipinski definition) is 5. The molecule has 0 amide bonds. The Morgan fingerprint density at radius 2 is 1.79 bits per heavy atom. The number of aliphatic hydroxyl groups excluding tert-OH is 1. The zero-order valence-electron chi connectivity index (χ0n) is 14.2. The highest BCUT2D eigenvalue weighted by atomic mass is 31.2. The Kier molecular flexibility index (Phi) is 5.91. The van der Waals surface area contributed by atoms with Gasteiger partial charge in [-0.1, -0.05) is 0 Å². The lowest BCUT2D eigenvalue weighted by atomic mass is 10.5. The number of aromatic nitrogens is 4. The molecule has 136 valence electrons. The number of aliphatic hydroxyl groups is 1. The Balaban J connectivity index is 0.000000245. The second-order valence-electron chi connectivity index (χ2n) is 6.35. The number of aryl methyl sites for hydroxylation is 1. The van der Waals surface area contributed by atoms with Gasteiger partial charge in [0.2, 0.25) is 5.85 Å². The Labute approximate surface area is 137 Å². The molecule has 11 nitrogen and oxygen atoms in total. The minimum absolute atomic E-state index is 0.0459. The molecule has 2 aromatic heterocycles. The average molecular weight is 364 g/mol. The van der Waals surface area contributed by atoms with Crippen molar-refractivity contribution in [3.63, 3.8) is 0 Å². The minimum Gasteiger partial charge on any atom is -0.376 e. The van der Waals surface area contributed by atoms with Crippen molar-refractivity contribution in [1.82, 2.24) is 19.1 Å². The summed E-state index contributed by atoms with van der Waals surface area (Å²) in [5, 5.41) is 8.94. The van der Waals surface area contributed by atoms with E-state index in [9.17, 15) is 14.2 Å². The summed E-state index contributed by atoms with van der Waals surface area (Å²) in [6.45, 7) is 0.0459. The zero-order chi connectivity index (χ0) is 18.9. The molecule has 1 atom stereocenters. The third-order valence-electron chi connectivity index (χ3n) is 3.13. The van der Waals surface area contributed by atoms with Gasteiger partial charge in [0, 0.05) is 14.1 Å². The van der Waals surface area contributed by atoms with E-state index in [1.54, 1.807) is 28.2 Å². The average Bonchev–Trinajstić information content (AvgIpc) is 2.90. The molecule has 2 aromatic rings. The van der Waals surface area contributed by atoms with E-state index in [0.717, 1.165) is 4.57 Å². The molecule has 12 heteroatoms. The normalized spacial score (nSPS) is 13.5. The predicted octanol–water partition coefficient (Wildman–Crippen LogP) is -1.85. The van der Waals surface area contributed by atoms with Crippen LogP contribution >= 0.6 is 7.60 Å². The van der Waals surface area contributed by atoms with Crippen LogP contribution in [-0.4, -0.2) is 72.0 Å². The number of rotatable bonds is 3. The summed E-state index contributed by atoms with van der Waals surface area (Å²) in [5.74, 6) is -1.55. The van der Waals surface area contributed by atoms with E-state index < -0.39 is 13.4 Å². The summed E-state index contributed by atoms with van der Waals surface area (Å²) in [4.78, 5) is 46.4. The second-order valence-corrected chi connectivity index (χ2v) is 8.12. The standard InChI is InChI=1S/C7H8N4O2.C5H14NO4P/c1-10-5-4(8-3-9-5)6(12)11(2)7(10)13;1-6(2,3)4-5(7)11(8,9)10/h3H,1-2H3,(H,8,9);5,7H,4H2,1-3H3,(H-,8,9,10)/p+1. The molecule has 0 saturated carbocycles. The van der Waals surface area contributed by atoms with Crippen LogP contribution in [0.15, 0.2) is 15.9 Å². The van der Waals surface area contributed by atoms with Crippen molar-refractivity contribution in [2.45, 2.75) is 5.85 Å². The first-order valence-corrected chi connectivity index (χ1v) is 8.56. The van der Waals surface area contributed by atoms with Crippen molar-refractivity contribution in [3.05, 3.63) is 27.2 Å². The highest BCUT2D eigenvalue weighted by Gasteiger charge is 2.31. The van der Waals surface area contributed by atoms with Crippen LogP contribution in [0, 0.1) is 0 Å². The van der Waals surface area contributed by atoms with E-state index in [2.05, 4.69) is 9.97 Å². The van der Waals surface area contributed by atoms with Gasteiger partial charge >= 0.3 is 13.3 Å². The number of fused-ring (bicyclic) bond motifs is 1. The van der Waals surface area contributed by atoms with Crippen LogP contribution in [0.4, 0.5) is 0 Å². The SMILES string of the molecule is C[N+](C)(C)CC(O)P(=O)(O)O.Cn1c(=O)c2[nH]cnc2n(C)c1=O. The van der Waals surface area contributed by atoms with Crippen molar-refractivity contribution >= 4 is 18.8 Å². The van der Waals surface area contributed by atoms with Crippen LogP contribution in [0.3, 0.4) is 0 Å². The fraction of sp³-hybridized carbons (Fsp3) is 0.583. The molecule has 4 N–H and O–H groups in total. The van der Waals surface area contributed by atoms with E-state index >= 15 is 0 Å². The molecule has 0 bridgehead atoms. The molecule has 0 aromatic carbocycles. The molecule has 1 unspecified atom stereocenters. The van der Waals surface area contributed by atoms with Gasteiger partial charge in [0.05, 0.1) is 27.5 Å². The smallest absolute Gasteiger partial charge is 0.359 e. The Morgan fingerprint density at radius 3 is 2.21 bits per heavy atom. The Bertz CT molecular complexity index is 871. The van der Waals surface area contributed by atoms with Crippen molar-refractivity contribution < 1.29 is 23.9 Å². The van der Waals surface area contributed by atoms with Crippen molar-refractivity contribution in [2.24, 2.45) is 14.1 Å². The molecular formula is C12H23N5O6P+. The van der Waals surface area contributed by atoms with Crippen LogP contribution in [0.5, 0.6) is 0 Å². The number of imidazole rings is 1. The molecule has 0 aliphatic rings. The first-order valence-electron chi connectivity index (χ1n) is 6.88. The number of nitrogens with zero attached hydrogens (tertiary/aromatic N) is 4. The largest absolute Gasteiger partial charge is 0.376 e. The van der Waals surface area contributed by atoms with Gasteiger partial charge in [-0.25, -0.2) is 9.78 Å². The lowest BCUT2D eigenvalue weighted by Gasteiger charge is -2.26. The second kappa shape index (κ2) is 6.99. The van der Waals surface area contributed by atoms with E-state index in [0.29, 0.717) is 15.6 Å². The van der Waals surface area contributed by atoms with E-state index in [4.69, 9.17) is 14.9 Å². The van der Waals surface area contributed by atoms with Gasteiger partial charge < -0.3 is 24.4 Å². The molecule has 0 spiro atoms. The summed E-state index contributed by atoms with van der Waals surface area (Å²) in [6, 6.07) is 0. The van der Waals surface area contributed by atoms with Gasteiger partial charge in [0.1, 0.15) is 12.1 Å². The highest BCUT2D eigenvalue weighted by molar-refractivity contribution is 7.52. The maximum absolute atomic E-state index is 11.4. The van der Waals surface area contributed by atoms with Crippen LogP contribution in [0.25, 0.3) is 11.2 Å². The summed E-state index contributed by atoms with van der Waals surface area (Å²) in [6.07, 6.45) is 1.39. The molecule has 0 aliphatic heterocycles. The molecule has 2 rings (SSSR count). The molecule has 0 saturated heterocycles. The third-order valence-corrected chi connectivity index (χ3v) is 4.07. The van der Waals surface area contributed by atoms with Crippen molar-refractivity contribution in [3.8, 4) is 0 Å². The highest BCUT2D eigenvalue weighted by Crippen LogP contribution is 2.39. The minimum atomic E-state index is -4.31. The molecule has 0 fully saturated rings. The Hall–Kier alpha value is -1.78. The van der Waals surface area contributed by atoms with E-state index in [-0.39, 0.29) is 17.8 Å². The quantitative estimate of drug-likeness (QED) is 0.369. The maximum atomic E-state index is 11.4. The fourth-order valence-electron chi connectivity index (χ4n) is 1.87. The van der Waals surface area contributed by atoms with Crippen LogP contribution in [0.1, 0.15) is 0 Å². The summed E-state index contributed by atoms with van der Waals surface area (Å²) < 4.78 is 13.1. The molecular weight excluding hydrogens is 341 g/mol. The van der Waals surface area contributed by atoms with Gasteiger partial charge in [-0.15, -0.1) is 0 Å². The predicted molar refractivity (Wildman–Crippen MR) is 87.5 cm³/mol. The van der Waals surface area contributed by atoms with Crippen LogP contribution in [0.2, 0.25) is 0 Å². The maximum Gasteiger partial charge on any atom is 0.359 e. The van der Waals surface area contributed by atoms with Gasteiger partial charge in [-0.2, -0.15) is 0 Å². The van der Waals surface area contributed by atoms with Gasteiger partial charge in [-0.3, -0.25) is 18.5 Å². The lowest BCUT2D eigenvalue weighted by Crippen LogP contribution is -2.41. The number of aromatic amines is 1. The fourth-order valence-corrected chi connectivity index (χ4v) is 2.57. The number of quaternary nitrogens is 1. The van der Waals surface area contributed by atoms with Gasteiger partial charge in [-0.05, 0) is 0 Å². The van der Waals surface area contributed by atoms with Gasteiger partial charge in [0.25, 0.3) is 5.56 Å². The zero-order valence-corrected chi connectivity index (χ0v) is 15.1. The summed E-state index contributed by atoms with van der Waals surface area (Å²) in [5.41, 5.74) is 0.0119. The monoisotopic (exact) mass is 364 g/mol. The number of nitrogens with one attached hydrogen (secondary N) is 1. The summed E-state index contributed by atoms with van der Waals surface area (Å²) in [7, 11) is 3.94. The molecule has 24 heavy (non-hydrogen) atoms. The third kappa shape index (κ3) is 4.86. The molecule has 0 aliphatic carbocycles. The topological polar surface area (TPSA) is 150 Å². The van der Waals surface area contributed by atoms with Crippen LogP contribution < -0.4 is 11.2 Å².